The molecule has 0 heterocycles. The summed E-state index contributed by atoms with van der Waals surface area (Å²) in [4.78, 5) is 10.3. The molecular weight excluding hydrogens is 154 g/mol. The van der Waals surface area contributed by atoms with Crippen LogP contribution in [0.3, 0.4) is 0 Å². The molecule has 56 valence electrons. The van der Waals surface area contributed by atoms with Gasteiger partial charge in [-0.1, -0.05) is 0 Å². The second kappa shape index (κ2) is 5.07. The van der Waals surface area contributed by atoms with Gasteiger partial charge in [-0.25, -0.2) is 0 Å². The number of hydrogen-bond donors (Lipinski definition) is 0. The van der Waals surface area contributed by atoms with Crippen LogP contribution in [-0.4, -0.2) is 18.0 Å². The first-order chi connectivity index (χ1) is 4.70. The number of halogens is 1. The van der Waals surface area contributed by atoms with Crippen molar-refractivity contribution < 1.29 is 9.53 Å². The Morgan fingerprint density at radius 2 is 2.50 bits per heavy atom. The summed E-state index contributed by atoms with van der Waals surface area (Å²) in [5.41, 5.74) is 0. The molecule has 0 aromatic heterocycles. The van der Waals surface area contributed by atoms with Crippen LogP contribution in [0.15, 0.2) is 0 Å². The average molecular weight is 162 g/mol. The Balaban J connectivity index is 3.63. The minimum atomic E-state index is -0.685. The first kappa shape index (κ1) is 9.25. The molecule has 0 fully saturated rings. The van der Waals surface area contributed by atoms with E-state index in [1.807, 2.05) is 0 Å². The summed E-state index contributed by atoms with van der Waals surface area (Å²) in [6.07, 6.45) is -0.299. The topological polar surface area (TPSA) is 50.1 Å². The summed E-state index contributed by atoms with van der Waals surface area (Å²) in [5, 5.41) is 8.32. The van der Waals surface area contributed by atoms with E-state index in [2.05, 4.69) is 4.74 Å². The molecule has 0 rings (SSSR count). The van der Waals surface area contributed by atoms with Gasteiger partial charge < -0.3 is 4.74 Å². The number of esters is 1. The molecule has 0 bridgehead atoms. The van der Waals surface area contributed by atoms with E-state index in [1.54, 1.807) is 6.07 Å². The van der Waals surface area contributed by atoms with Crippen molar-refractivity contribution in [2.45, 2.75) is 19.4 Å². The van der Waals surface area contributed by atoms with Gasteiger partial charge in [0.2, 0.25) is 0 Å². The molecule has 1 atom stereocenters. The van der Waals surface area contributed by atoms with Crippen LogP contribution in [0.2, 0.25) is 0 Å². The predicted octanol–water partition coefficient (Wildman–Crippen LogP) is 1.07. The Morgan fingerprint density at radius 3 is 2.80 bits per heavy atom. The minimum absolute atomic E-state index is 0.325. The zero-order chi connectivity index (χ0) is 7.98. The number of carbonyl (C=O) groups excluding carboxylic acids is 1. The third-order valence-corrected chi connectivity index (χ3v) is 1.04. The summed E-state index contributed by atoms with van der Waals surface area (Å²) in [5.74, 6) is -0.123. The third-order valence-electron chi connectivity index (χ3n) is 0.824. The van der Waals surface area contributed by atoms with E-state index in [0.717, 1.165) is 0 Å². The van der Waals surface area contributed by atoms with Crippen molar-refractivity contribution in [1.29, 1.82) is 5.26 Å². The van der Waals surface area contributed by atoms with Crippen molar-refractivity contribution in [1.82, 2.24) is 0 Å². The Labute approximate surface area is 64.5 Å². The van der Waals surface area contributed by atoms with Gasteiger partial charge in [-0.3, -0.25) is 4.79 Å². The van der Waals surface area contributed by atoms with Crippen LogP contribution in [0.25, 0.3) is 0 Å². The van der Waals surface area contributed by atoms with Crippen LogP contribution < -0.4 is 0 Å². The first-order valence-electron chi connectivity index (χ1n) is 2.83. The van der Waals surface area contributed by atoms with Gasteiger partial charge in [0.15, 0.2) is 6.10 Å². The van der Waals surface area contributed by atoms with Crippen LogP contribution in [0.1, 0.15) is 13.3 Å². The van der Waals surface area contributed by atoms with Gasteiger partial charge in [-0.2, -0.15) is 5.26 Å². The second-order valence-corrected chi connectivity index (χ2v) is 2.08. The molecule has 0 spiro atoms. The molecule has 3 nitrogen and oxygen atoms in total. The van der Waals surface area contributed by atoms with Crippen molar-refractivity contribution in [3.8, 4) is 6.07 Å². The SMILES string of the molecule is CC(=O)OC(C#N)CCCl. The molecule has 0 aliphatic rings. The highest BCUT2D eigenvalue weighted by molar-refractivity contribution is 6.17. The fourth-order valence-electron chi connectivity index (χ4n) is 0.449. The number of rotatable bonds is 3. The molecule has 0 aliphatic carbocycles. The van der Waals surface area contributed by atoms with Gasteiger partial charge in [0.1, 0.15) is 6.07 Å². The highest BCUT2D eigenvalue weighted by Crippen LogP contribution is 1.98. The maximum atomic E-state index is 10.3. The maximum absolute atomic E-state index is 10.3. The standard InChI is InChI=1S/C6H8ClNO2/c1-5(9)10-6(4-8)2-3-7/h6H,2-3H2,1H3. The van der Waals surface area contributed by atoms with E-state index in [-0.39, 0.29) is 0 Å². The Hall–Kier alpha value is -0.750. The van der Waals surface area contributed by atoms with Crippen LogP contribution in [0.5, 0.6) is 0 Å². The Kier molecular flexibility index (Phi) is 4.69. The van der Waals surface area contributed by atoms with E-state index in [4.69, 9.17) is 16.9 Å². The first-order valence-corrected chi connectivity index (χ1v) is 3.37. The lowest BCUT2D eigenvalue weighted by Gasteiger charge is -2.05. The smallest absolute Gasteiger partial charge is 0.303 e. The highest BCUT2D eigenvalue weighted by Gasteiger charge is 2.08. The van der Waals surface area contributed by atoms with Crippen molar-refractivity contribution in [3.63, 3.8) is 0 Å². The largest absolute Gasteiger partial charge is 0.447 e. The molecule has 1 unspecified atom stereocenters. The van der Waals surface area contributed by atoms with E-state index in [0.29, 0.717) is 12.3 Å². The van der Waals surface area contributed by atoms with Crippen LogP contribution >= 0.6 is 11.6 Å². The van der Waals surface area contributed by atoms with Crippen molar-refractivity contribution in [3.05, 3.63) is 0 Å². The zero-order valence-corrected chi connectivity index (χ0v) is 6.39. The number of nitrogens with zero attached hydrogens (tertiary/aromatic N) is 1. The monoisotopic (exact) mass is 161 g/mol. The number of ether oxygens (including phenoxy) is 1. The van der Waals surface area contributed by atoms with Crippen LogP contribution in [0, 0.1) is 11.3 Å². The van der Waals surface area contributed by atoms with Crippen molar-refractivity contribution >= 4 is 17.6 Å². The molecular formula is C6H8ClNO2. The molecule has 4 heteroatoms. The molecule has 10 heavy (non-hydrogen) atoms. The number of alkyl halides is 1. The molecule has 0 aromatic rings. The minimum Gasteiger partial charge on any atom is -0.447 e. The molecule has 0 N–H and O–H groups in total. The van der Waals surface area contributed by atoms with Gasteiger partial charge in [0.05, 0.1) is 0 Å². The number of nitriles is 1. The molecule has 0 amide bonds. The predicted molar refractivity (Wildman–Crippen MR) is 36.5 cm³/mol. The van der Waals surface area contributed by atoms with Crippen molar-refractivity contribution in [2.75, 3.05) is 5.88 Å². The lowest BCUT2D eigenvalue weighted by Crippen LogP contribution is -2.14. The van der Waals surface area contributed by atoms with E-state index < -0.39 is 12.1 Å². The van der Waals surface area contributed by atoms with E-state index >= 15 is 0 Å². The third kappa shape index (κ3) is 4.16. The fourth-order valence-corrected chi connectivity index (χ4v) is 0.647. The highest BCUT2D eigenvalue weighted by atomic mass is 35.5. The van der Waals surface area contributed by atoms with Gasteiger partial charge in [0, 0.05) is 19.2 Å². The normalized spacial score (nSPS) is 11.7. The summed E-state index contributed by atoms with van der Waals surface area (Å²) in [6.45, 7) is 1.26. The van der Waals surface area contributed by atoms with Crippen molar-refractivity contribution in [2.24, 2.45) is 0 Å². The van der Waals surface area contributed by atoms with Gasteiger partial charge in [0.25, 0.3) is 0 Å². The quantitative estimate of drug-likeness (QED) is 0.460. The average Bonchev–Trinajstić information content (AvgIpc) is 1.86. The molecule has 0 saturated carbocycles. The van der Waals surface area contributed by atoms with Crippen LogP contribution in [-0.2, 0) is 9.53 Å². The second-order valence-electron chi connectivity index (χ2n) is 1.70. The zero-order valence-electron chi connectivity index (χ0n) is 5.63. The summed E-state index contributed by atoms with van der Waals surface area (Å²) < 4.78 is 4.56. The molecule has 0 radical (unpaired) electrons. The van der Waals surface area contributed by atoms with E-state index in [9.17, 15) is 4.79 Å². The lowest BCUT2D eigenvalue weighted by molar-refractivity contribution is -0.143. The van der Waals surface area contributed by atoms with Gasteiger partial charge >= 0.3 is 5.97 Å². The maximum Gasteiger partial charge on any atom is 0.303 e. The lowest BCUT2D eigenvalue weighted by atomic mass is 10.3. The molecule has 0 saturated heterocycles. The van der Waals surface area contributed by atoms with Gasteiger partial charge in [-0.15, -0.1) is 11.6 Å². The Bertz CT molecular complexity index is 152. The van der Waals surface area contributed by atoms with Crippen LogP contribution in [0.4, 0.5) is 0 Å². The summed E-state index contributed by atoms with van der Waals surface area (Å²) in [6, 6.07) is 1.81. The number of carbonyl (C=O) groups is 1. The summed E-state index contributed by atoms with van der Waals surface area (Å²) >= 11 is 5.32. The summed E-state index contributed by atoms with van der Waals surface area (Å²) in [7, 11) is 0. The number of hydrogen-bond acceptors (Lipinski definition) is 3. The molecule has 0 aromatic carbocycles. The molecule has 0 aliphatic heterocycles. The Morgan fingerprint density at radius 1 is 1.90 bits per heavy atom. The van der Waals surface area contributed by atoms with Gasteiger partial charge in [-0.05, 0) is 0 Å². The fraction of sp³-hybridized carbons (Fsp3) is 0.667. The van der Waals surface area contributed by atoms with E-state index in [1.165, 1.54) is 6.92 Å².